The Morgan fingerprint density at radius 2 is 1.64 bits per heavy atom. The van der Waals surface area contributed by atoms with E-state index in [1.54, 1.807) is 11.9 Å². The number of carbonyl (C=O) groups is 1. The third-order valence-electron chi connectivity index (χ3n) is 3.51. The monoisotopic (exact) mass is 378 g/mol. The fourth-order valence-electron chi connectivity index (χ4n) is 2.23. The topological polar surface area (TPSA) is 66.5 Å². The number of thioether (sulfide) groups is 1. The summed E-state index contributed by atoms with van der Waals surface area (Å²) in [6.07, 6.45) is 1.10. The summed E-state index contributed by atoms with van der Waals surface area (Å²) in [4.78, 5) is 15.5. The summed E-state index contributed by atoms with van der Waals surface area (Å²) in [5.74, 6) is -0.0599. The van der Waals surface area contributed by atoms with Crippen LogP contribution in [0.2, 0.25) is 0 Å². The number of nitrogens with zero attached hydrogens (tertiary/aromatic N) is 1. The minimum absolute atomic E-state index is 0.0599. The Morgan fingerprint density at radius 3 is 2.20 bits per heavy atom. The SMILES string of the molecule is CN(CCNS(C)(=O)=O)C(=O)C(Sc1ccccc1)c1ccccc1. The molecule has 0 radical (unpaired) electrons. The van der Waals surface area contributed by atoms with Gasteiger partial charge >= 0.3 is 0 Å². The van der Waals surface area contributed by atoms with E-state index in [-0.39, 0.29) is 17.7 Å². The molecule has 0 saturated carbocycles. The molecule has 0 heterocycles. The second-order valence-corrected chi connectivity index (χ2v) is 8.66. The van der Waals surface area contributed by atoms with Gasteiger partial charge in [0.05, 0.1) is 6.26 Å². The number of sulfonamides is 1. The Kier molecular flexibility index (Phi) is 7.04. The van der Waals surface area contributed by atoms with Gasteiger partial charge < -0.3 is 4.90 Å². The molecule has 1 N–H and O–H groups in total. The van der Waals surface area contributed by atoms with Crippen molar-refractivity contribution in [3.8, 4) is 0 Å². The first kappa shape index (κ1) is 19.5. The molecule has 0 aromatic heterocycles. The normalized spacial score (nSPS) is 12.6. The molecular weight excluding hydrogens is 356 g/mol. The van der Waals surface area contributed by atoms with Crippen LogP contribution in [0.4, 0.5) is 0 Å². The molecule has 2 aromatic carbocycles. The number of likely N-dealkylation sites (N-methyl/N-ethyl adjacent to an activating group) is 1. The van der Waals surface area contributed by atoms with Gasteiger partial charge in [-0.25, -0.2) is 13.1 Å². The Balaban J connectivity index is 2.12. The number of benzene rings is 2. The zero-order valence-corrected chi connectivity index (χ0v) is 15.9. The summed E-state index contributed by atoms with van der Waals surface area (Å²) < 4.78 is 24.7. The standard InChI is InChI=1S/C18H22N2O3S2/c1-20(14-13-19-25(2,22)23)18(21)17(15-9-5-3-6-10-15)24-16-11-7-4-8-12-16/h3-12,17,19H,13-14H2,1-2H3. The van der Waals surface area contributed by atoms with E-state index in [4.69, 9.17) is 0 Å². The van der Waals surface area contributed by atoms with Crippen molar-refractivity contribution in [1.82, 2.24) is 9.62 Å². The van der Waals surface area contributed by atoms with Crippen LogP contribution in [0, 0.1) is 0 Å². The molecule has 2 aromatic rings. The largest absolute Gasteiger partial charge is 0.343 e. The van der Waals surface area contributed by atoms with Gasteiger partial charge in [-0.1, -0.05) is 48.5 Å². The highest BCUT2D eigenvalue weighted by Gasteiger charge is 2.25. The quantitative estimate of drug-likeness (QED) is 0.717. The van der Waals surface area contributed by atoms with Crippen LogP contribution in [0.1, 0.15) is 10.8 Å². The van der Waals surface area contributed by atoms with Crippen molar-refractivity contribution in [2.24, 2.45) is 0 Å². The van der Waals surface area contributed by atoms with E-state index in [9.17, 15) is 13.2 Å². The van der Waals surface area contributed by atoms with Gasteiger partial charge in [-0.3, -0.25) is 4.79 Å². The number of carbonyl (C=O) groups excluding carboxylic acids is 1. The number of rotatable bonds is 8. The van der Waals surface area contributed by atoms with E-state index >= 15 is 0 Å². The highest BCUT2D eigenvalue weighted by Crippen LogP contribution is 2.36. The molecule has 0 aliphatic heterocycles. The third kappa shape index (κ3) is 6.53. The number of hydrogen-bond acceptors (Lipinski definition) is 4. The highest BCUT2D eigenvalue weighted by atomic mass is 32.2. The van der Waals surface area contributed by atoms with Gasteiger partial charge in [0.15, 0.2) is 0 Å². The fourth-order valence-corrected chi connectivity index (χ4v) is 3.86. The summed E-state index contributed by atoms with van der Waals surface area (Å²) >= 11 is 1.49. The van der Waals surface area contributed by atoms with Crippen LogP contribution < -0.4 is 4.72 Å². The number of hydrogen-bond donors (Lipinski definition) is 1. The molecule has 1 atom stereocenters. The lowest BCUT2D eigenvalue weighted by Gasteiger charge is -2.24. The third-order valence-corrected chi connectivity index (χ3v) is 5.49. The molecule has 0 fully saturated rings. The molecule has 0 spiro atoms. The number of nitrogens with one attached hydrogen (secondary N) is 1. The van der Waals surface area contributed by atoms with Crippen LogP contribution >= 0.6 is 11.8 Å². The van der Waals surface area contributed by atoms with Crippen LogP contribution in [-0.4, -0.2) is 45.6 Å². The minimum atomic E-state index is -3.26. The van der Waals surface area contributed by atoms with E-state index in [0.29, 0.717) is 6.54 Å². The maximum Gasteiger partial charge on any atom is 0.240 e. The summed E-state index contributed by atoms with van der Waals surface area (Å²) in [6.45, 7) is 0.503. The predicted octanol–water partition coefficient (Wildman–Crippen LogP) is 2.53. The van der Waals surface area contributed by atoms with Gasteiger partial charge in [0.2, 0.25) is 15.9 Å². The van der Waals surface area contributed by atoms with Crippen LogP contribution in [0.15, 0.2) is 65.6 Å². The second-order valence-electron chi connectivity index (χ2n) is 5.65. The lowest BCUT2D eigenvalue weighted by molar-refractivity contribution is -0.129. The van der Waals surface area contributed by atoms with Crippen molar-refractivity contribution >= 4 is 27.7 Å². The Labute approximate surface area is 153 Å². The zero-order valence-electron chi connectivity index (χ0n) is 14.3. The van der Waals surface area contributed by atoms with E-state index in [0.717, 1.165) is 16.7 Å². The Morgan fingerprint density at radius 1 is 1.08 bits per heavy atom. The molecule has 0 bridgehead atoms. The number of amides is 1. The van der Waals surface area contributed by atoms with Crippen LogP contribution in [0.5, 0.6) is 0 Å². The molecule has 0 aliphatic rings. The molecule has 0 aliphatic carbocycles. The lowest BCUT2D eigenvalue weighted by atomic mass is 10.1. The van der Waals surface area contributed by atoms with E-state index in [1.807, 2.05) is 60.7 Å². The zero-order chi connectivity index (χ0) is 18.3. The van der Waals surface area contributed by atoms with Crippen LogP contribution in [0.3, 0.4) is 0 Å². The molecule has 5 nitrogen and oxygen atoms in total. The fraction of sp³-hybridized carbons (Fsp3) is 0.278. The summed E-state index contributed by atoms with van der Waals surface area (Å²) in [7, 11) is -1.57. The predicted molar refractivity (Wildman–Crippen MR) is 102 cm³/mol. The molecule has 1 amide bonds. The maximum absolute atomic E-state index is 12.9. The highest BCUT2D eigenvalue weighted by molar-refractivity contribution is 8.00. The Bertz CT molecular complexity index is 780. The van der Waals surface area contributed by atoms with Gasteiger partial charge in [-0.2, -0.15) is 0 Å². The minimum Gasteiger partial charge on any atom is -0.343 e. The molecule has 7 heteroatoms. The van der Waals surface area contributed by atoms with Crippen molar-refractivity contribution in [2.75, 3.05) is 26.4 Å². The molecule has 0 saturated heterocycles. The van der Waals surface area contributed by atoms with Crippen molar-refractivity contribution in [2.45, 2.75) is 10.1 Å². The van der Waals surface area contributed by atoms with E-state index in [1.165, 1.54) is 11.8 Å². The van der Waals surface area contributed by atoms with Gasteiger partial charge in [0, 0.05) is 25.0 Å². The van der Waals surface area contributed by atoms with Crippen LogP contribution in [-0.2, 0) is 14.8 Å². The average molecular weight is 379 g/mol. The molecule has 134 valence electrons. The van der Waals surface area contributed by atoms with Gasteiger partial charge in [-0.15, -0.1) is 11.8 Å². The lowest BCUT2D eigenvalue weighted by Crippen LogP contribution is -2.37. The summed E-state index contributed by atoms with van der Waals surface area (Å²) in [5.41, 5.74) is 0.921. The first-order valence-corrected chi connectivity index (χ1v) is 10.6. The van der Waals surface area contributed by atoms with Crippen molar-refractivity contribution < 1.29 is 13.2 Å². The van der Waals surface area contributed by atoms with Crippen molar-refractivity contribution in [1.29, 1.82) is 0 Å². The molecule has 25 heavy (non-hydrogen) atoms. The Hall–Kier alpha value is -1.83. The maximum atomic E-state index is 12.9. The van der Waals surface area contributed by atoms with Crippen molar-refractivity contribution in [3.63, 3.8) is 0 Å². The van der Waals surface area contributed by atoms with E-state index in [2.05, 4.69) is 4.72 Å². The van der Waals surface area contributed by atoms with Gasteiger partial charge in [-0.05, 0) is 17.7 Å². The average Bonchev–Trinajstić information content (AvgIpc) is 2.59. The molecule has 1 unspecified atom stereocenters. The smallest absolute Gasteiger partial charge is 0.240 e. The van der Waals surface area contributed by atoms with E-state index < -0.39 is 10.0 Å². The van der Waals surface area contributed by atoms with Gasteiger partial charge in [0.1, 0.15) is 5.25 Å². The molecule has 2 rings (SSSR count). The molecular formula is C18H22N2O3S2. The first-order chi connectivity index (χ1) is 11.9. The van der Waals surface area contributed by atoms with Crippen molar-refractivity contribution in [3.05, 3.63) is 66.2 Å². The van der Waals surface area contributed by atoms with Crippen LogP contribution in [0.25, 0.3) is 0 Å². The second kappa shape index (κ2) is 9.03. The first-order valence-electron chi connectivity index (χ1n) is 7.83. The summed E-state index contributed by atoms with van der Waals surface area (Å²) in [5, 5.41) is -0.383. The van der Waals surface area contributed by atoms with Gasteiger partial charge in [0.25, 0.3) is 0 Å². The summed E-state index contributed by atoms with van der Waals surface area (Å²) in [6, 6.07) is 19.4.